The highest BCUT2D eigenvalue weighted by atomic mass is 35.6. The summed E-state index contributed by atoms with van der Waals surface area (Å²) in [6.45, 7) is 2.97. The van der Waals surface area contributed by atoms with Crippen molar-refractivity contribution < 1.29 is 0 Å². The fourth-order valence-corrected chi connectivity index (χ4v) is 6.56. The number of alkyl halides is 6. The molecule has 22 heavy (non-hydrogen) atoms. The van der Waals surface area contributed by atoms with Crippen LogP contribution in [0.5, 0.6) is 0 Å². The van der Waals surface area contributed by atoms with Crippen LogP contribution in [0.15, 0.2) is 0 Å². The van der Waals surface area contributed by atoms with Crippen LogP contribution >= 0.6 is 137 Å². The van der Waals surface area contributed by atoms with Gasteiger partial charge in [0.1, 0.15) is 8.64 Å². The lowest BCUT2D eigenvalue weighted by molar-refractivity contribution is 0.271. The molecule has 0 atom stereocenters. The van der Waals surface area contributed by atoms with E-state index in [-0.39, 0.29) is 0 Å². The van der Waals surface area contributed by atoms with Gasteiger partial charge in [0, 0.05) is 26.2 Å². The van der Waals surface area contributed by atoms with Crippen molar-refractivity contribution in [2.75, 3.05) is 26.2 Å². The van der Waals surface area contributed by atoms with Crippen molar-refractivity contribution in [1.29, 1.82) is 0 Å². The van der Waals surface area contributed by atoms with Gasteiger partial charge in [-0.1, -0.05) is 94.0 Å². The molecule has 1 rings (SSSR count). The van der Waals surface area contributed by atoms with Crippen LogP contribution in [0.4, 0.5) is 0 Å². The highest BCUT2D eigenvalue weighted by molar-refractivity contribution is 8.85. The van der Waals surface area contributed by atoms with E-state index >= 15 is 0 Å². The summed E-state index contributed by atoms with van der Waals surface area (Å²) in [5, 5.41) is 0. The number of hydrogen-bond donors (Lipinski definition) is 0. The van der Waals surface area contributed by atoms with Crippen LogP contribution in [0.2, 0.25) is 0 Å². The zero-order valence-corrected chi connectivity index (χ0v) is 19.9. The normalized spacial score (nSPS) is 16.8. The summed E-state index contributed by atoms with van der Waals surface area (Å²) in [6.07, 6.45) is 0. The molecule has 1 aliphatic rings. The molecule has 0 aromatic carbocycles. The summed E-state index contributed by atoms with van der Waals surface area (Å²) in [6, 6.07) is 0. The SMILES string of the molecule is S=C(SSC(Cl)(Cl)Cl)N1CCN(C(=S)SSC(Cl)(Cl)Cl)CC1. The summed E-state index contributed by atoms with van der Waals surface area (Å²) >= 11 is 44.8. The maximum atomic E-state index is 5.68. The molecular formula is C8H8Cl6N2S6. The smallest absolute Gasteiger partial charge is 0.247 e. The molecule has 0 aliphatic carbocycles. The second-order valence-corrected chi connectivity index (χ2v) is 15.6. The summed E-state index contributed by atoms with van der Waals surface area (Å²) in [4.78, 5) is 4.10. The quantitative estimate of drug-likeness (QED) is 0.218. The molecule has 0 bridgehead atoms. The molecular weight excluding hydrogens is 529 g/mol. The van der Waals surface area contributed by atoms with Crippen molar-refractivity contribution in [3.05, 3.63) is 0 Å². The molecule has 0 N–H and O–H groups in total. The van der Waals surface area contributed by atoms with Crippen molar-refractivity contribution in [1.82, 2.24) is 9.80 Å². The van der Waals surface area contributed by atoms with Crippen LogP contribution in [-0.2, 0) is 0 Å². The Morgan fingerprint density at radius 3 is 1.18 bits per heavy atom. The minimum Gasteiger partial charge on any atom is -0.353 e. The lowest BCUT2D eigenvalue weighted by atomic mass is 10.4. The molecule has 2 nitrogen and oxygen atoms in total. The predicted molar refractivity (Wildman–Crippen MR) is 119 cm³/mol. The lowest BCUT2D eigenvalue weighted by Crippen LogP contribution is -2.48. The number of hydrogen-bond acceptors (Lipinski definition) is 6. The Morgan fingerprint density at radius 1 is 0.682 bits per heavy atom. The summed E-state index contributed by atoms with van der Waals surface area (Å²) < 4.78 is -1.40. The molecule has 0 spiro atoms. The van der Waals surface area contributed by atoms with E-state index in [4.69, 9.17) is 94.0 Å². The first kappa shape index (κ1) is 23.0. The van der Waals surface area contributed by atoms with E-state index in [2.05, 4.69) is 9.80 Å². The minimum absolute atomic E-state index is 0.685. The van der Waals surface area contributed by atoms with Gasteiger partial charge in [-0.3, -0.25) is 0 Å². The van der Waals surface area contributed by atoms with Crippen molar-refractivity contribution in [2.24, 2.45) is 0 Å². The van der Waals surface area contributed by atoms with Crippen LogP contribution < -0.4 is 0 Å². The second-order valence-electron chi connectivity index (χ2n) is 3.73. The van der Waals surface area contributed by atoms with Crippen LogP contribution in [0.1, 0.15) is 0 Å². The van der Waals surface area contributed by atoms with Crippen LogP contribution in [0.3, 0.4) is 0 Å². The van der Waals surface area contributed by atoms with Crippen LogP contribution in [-0.4, -0.2) is 50.9 Å². The van der Waals surface area contributed by atoms with E-state index in [0.29, 0.717) is 8.64 Å². The predicted octanol–water partition coefficient (Wildman–Crippen LogP) is 6.59. The Kier molecular flexibility index (Phi) is 10.8. The Bertz CT molecular complexity index is 367. The molecule has 1 aliphatic heterocycles. The standard InChI is InChI=1S/C8H8Cl6N2S6/c9-7(10,11)21-19-5(17)15-1-2-16(4-3-15)6(18)20-22-8(12,13)14/h1-4H2. The van der Waals surface area contributed by atoms with Crippen molar-refractivity contribution in [3.63, 3.8) is 0 Å². The van der Waals surface area contributed by atoms with Gasteiger partial charge >= 0.3 is 0 Å². The maximum Gasteiger partial charge on any atom is 0.247 e. The fourth-order valence-electron chi connectivity index (χ4n) is 1.34. The van der Waals surface area contributed by atoms with Gasteiger partial charge < -0.3 is 9.80 Å². The van der Waals surface area contributed by atoms with Crippen LogP contribution in [0.25, 0.3) is 0 Å². The monoisotopic (exact) mass is 534 g/mol. The van der Waals surface area contributed by atoms with Gasteiger partial charge in [0.2, 0.25) is 6.25 Å². The van der Waals surface area contributed by atoms with Crippen molar-refractivity contribution in [2.45, 2.75) is 6.25 Å². The Balaban J connectivity index is 2.33. The van der Waals surface area contributed by atoms with E-state index < -0.39 is 6.25 Å². The molecule has 14 heteroatoms. The Labute approximate surface area is 186 Å². The molecule has 0 amide bonds. The number of piperazine rings is 1. The molecule has 0 aromatic rings. The highest BCUT2D eigenvalue weighted by Gasteiger charge is 2.27. The third-order valence-electron chi connectivity index (χ3n) is 2.21. The minimum atomic E-state index is -1.39. The largest absolute Gasteiger partial charge is 0.353 e. The zero-order valence-electron chi connectivity index (χ0n) is 10.4. The van der Waals surface area contributed by atoms with Gasteiger partial charge in [0.05, 0.1) is 0 Å². The molecule has 1 saturated heterocycles. The van der Waals surface area contributed by atoms with Gasteiger partial charge in [0.15, 0.2) is 0 Å². The second kappa shape index (κ2) is 10.3. The van der Waals surface area contributed by atoms with Gasteiger partial charge in [-0.15, -0.1) is 0 Å². The molecule has 0 saturated carbocycles. The lowest BCUT2D eigenvalue weighted by Gasteiger charge is -2.36. The summed E-state index contributed by atoms with van der Waals surface area (Å²) in [5.74, 6) is 0. The first-order chi connectivity index (χ1) is 9.98. The molecule has 128 valence electrons. The Hall–Kier alpha value is 2.92. The number of thiocarbonyl (C=S) groups is 2. The number of halogens is 6. The molecule has 1 fully saturated rings. The van der Waals surface area contributed by atoms with Gasteiger partial charge in [-0.2, -0.15) is 0 Å². The summed E-state index contributed by atoms with van der Waals surface area (Å²) in [7, 11) is 4.74. The summed E-state index contributed by atoms with van der Waals surface area (Å²) in [5.41, 5.74) is 0. The van der Waals surface area contributed by atoms with E-state index in [9.17, 15) is 0 Å². The van der Waals surface area contributed by atoms with Gasteiger partial charge in [-0.05, 0) is 43.2 Å². The first-order valence-corrected chi connectivity index (χ1v) is 12.8. The molecule has 0 aromatic heterocycles. The van der Waals surface area contributed by atoms with Crippen molar-refractivity contribution >= 4 is 146 Å². The first-order valence-electron chi connectivity index (χ1n) is 5.40. The average molecular weight is 537 g/mol. The molecule has 0 radical (unpaired) electrons. The number of rotatable bonds is 2. The Morgan fingerprint density at radius 2 is 0.955 bits per heavy atom. The third-order valence-corrected chi connectivity index (χ3v) is 11.2. The number of nitrogens with zero attached hydrogens (tertiary/aromatic N) is 2. The maximum absolute atomic E-state index is 5.68. The molecule has 0 unspecified atom stereocenters. The van der Waals surface area contributed by atoms with Gasteiger partial charge in [0.25, 0.3) is 0 Å². The van der Waals surface area contributed by atoms with Crippen LogP contribution in [0, 0.1) is 0 Å². The van der Waals surface area contributed by atoms with Crippen molar-refractivity contribution in [3.8, 4) is 0 Å². The highest BCUT2D eigenvalue weighted by Crippen LogP contribution is 2.48. The fraction of sp³-hybridized carbons (Fsp3) is 0.750. The third kappa shape index (κ3) is 10.2. The molecule has 1 heterocycles. The van der Waals surface area contributed by atoms with Gasteiger partial charge in [-0.25, -0.2) is 0 Å². The van der Waals surface area contributed by atoms with E-state index in [0.717, 1.165) is 47.8 Å². The average Bonchev–Trinajstić information content (AvgIpc) is 2.40. The van der Waals surface area contributed by atoms with E-state index in [1.54, 1.807) is 0 Å². The van der Waals surface area contributed by atoms with E-state index in [1.165, 1.54) is 21.6 Å². The zero-order chi connectivity index (χ0) is 17.0. The van der Waals surface area contributed by atoms with E-state index in [1.807, 2.05) is 0 Å². The topological polar surface area (TPSA) is 6.48 Å².